The molecule has 0 bridgehead atoms. The highest BCUT2D eigenvalue weighted by molar-refractivity contribution is 5.95. The van der Waals surface area contributed by atoms with Crippen molar-refractivity contribution in [3.8, 4) is 5.75 Å². The molecule has 1 amide bonds. The average molecular weight is 557 g/mol. The molecule has 0 unspecified atom stereocenters. The highest BCUT2D eigenvalue weighted by Gasteiger charge is 2.47. The number of hydrogen-bond donors (Lipinski definition) is 2. The highest BCUT2D eigenvalue weighted by Crippen LogP contribution is 2.41. The third-order valence-corrected chi connectivity index (χ3v) is 8.43. The number of nitrogens with zero attached hydrogens (tertiary/aromatic N) is 3. The number of hydrogen-bond acceptors (Lipinski definition) is 6. The Morgan fingerprint density at radius 1 is 1.15 bits per heavy atom. The van der Waals surface area contributed by atoms with Crippen molar-refractivity contribution in [3.63, 3.8) is 0 Å². The van der Waals surface area contributed by atoms with Crippen LogP contribution in [0.25, 0.3) is 0 Å². The van der Waals surface area contributed by atoms with Crippen molar-refractivity contribution >= 4 is 17.6 Å². The third-order valence-electron chi connectivity index (χ3n) is 8.43. The van der Waals surface area contributed by atoms with E-state index in [1.165, 1.54) is 0 Å². The molecule has 0 aliphatic carbocycles. The van der Waals surface area contributed by atoms with E-state index < -0.39 is 11.9 Å². The van der Waals surface area contributed by atoms with E-state index in [2.05, 4.69) is 22.9 Å². The Morgan fingerprint density at radius 3 is 2.78 bits per heavy atom. The second-order valence-corrected chi connectivity index (χ2v) is 11.1. The lowest BCUT2D eigenvalue weighted by molar-refractivity contribution is -0.143. The first-order valence-electron chi connectivity index (χ1n) is 14.7. The van der Waals surface area contributed by atoms with E-state index >= 15 is 0 Å². The predicted octanol–water partition coefficient (Wildman–Crippen LogP) is 4.41. The molecule has 0 spiro atoms. The first kappa shape index (κ1) is 28.8. The van der Waals surface area contributed by atoms with Gasteiger partial charge in [0.05, 0.1) is 19.1 Å². The zero-order chi connectivity index (χ0) is 28.8. The molecule has 0 radical (unpaired) electrons. The van der Waals surface area contributed by atoms with Gasteiger partial charge >= 0.3 is 5.97 Å². The van der Waals surface area contributed by atoms with Crippen molar-refractivity contribution in [3.05, 3.63) is 89.2 Å². The second kappa shape index (κ2) is 13.3. The van der Waals surface area contributed by atoms with Gasteiger partial charge in [-0.3, -0.25) is 19.5 Å². The van der Waals surface area contributed by atoms with Crippen LogP contribution in [0.3, 0.4) is 0 Å². The minimum atomic E-state index is -0.828. The number of anilines is 1. The number of aryl methyl sites for hydroxylation is 1. The van der Waals surface area contributed by atoms with Crippen molar-refractivity contribution < 1.29 is 19.4 Å². The number of carboxylic acids is 1. The van der Waals surface area contributed by atoms with Gasteiger partial charge in [-0.25, -0.2) is 0 Å². The first-order valence-corrected chi connectivity index (χ1v) is 14.7. The van der Waals surface area contributed by atoms with Crippen LogP contribution in [0.1, 0.15) is 54.5 Å². The normalized spacial score (nSPS) is 20.0. The Balaban J connectivity index is 1.44. The molecule has 1 aromatic heterocycles. The van der Waals surface area contributed by atoms with Crippen molar-refractivity contribution in [2.45, 2.75) is 57.5 Å². The molecule has 3 N–H and O–H groups in total. The van der Waals surface area contributed by atoms with Gasteiger partial charge in [-0.15, -0.1) is 0 Å². The van der Waals surface area contributed by atoms with Gasteiger partial charge in [0.15, 0.2) is 0 Å². The van der Waals surface area contributed by atoms with Crippen molar-refractivity contribution in [2.24, 2.45) is 11.7 Å². The largest absolute Gasteiger partial charge is 0.493 e. The standard InChI is InChI=1S/C33H40N4O4/c1-2-3-16-37(27-9-6-7-23(18-27)20-34)31(38)22-36-21-28(24-10-13-30-25(19-24)14-17-41-30)32(33(39)40)29(36)12-11-26-8-4-5-15-35-26/h4-10,13,15,18-19,28-29,32H,2-3,11-12,14,16-17,20-22,34H2,1H3,(H,39,40)/t28-,29+,32-/m1/s1. The molecule has 3 atom stereocenters. The molecule has 3 aromatic rings. The number of pyridine rings is 1. The number of carbonyl (C=O) groups excluding carboxylic acids is 1. The molecule has 2 aromatic carbocycles. The van der Waals surface area contributed by atoms with Crippen LogP contribution in [-0.4, -0.2) is 59.1 Å². The molecule has 2 aliphatic rings. The Hall–Kier alpha value is -3.75. The fraction of sp³-hybridized carbons (Fsp3) is 0.424. The number of unbranched alkanes of at least 4 members (excludes halogenated alkanes) is 1. The van der Waals surface area contributed by atoms with E-state index in [0.717, 1.165) is 53.1 Å². The van der Waals surface area contributed by atoms with Gasteiger partial charge < -0.3 is 20.5 Å². The quantitative estimate of drug-likeness (QED) is 0.340. The van der Waals surface area contributed by atoms with Crippen molar-refractivity contribution in [1.82, 2.24) is 9.88 Å². The number of ether oxygens (including phenoxy) is 1. The maximum absolute atomic E-state index is 14.0. The fourth-order valence-electron chi connectivity index (χ4n) is 6.29. The lowest BCUT2D eigenvalue weighted by atomic mass is 9.83. The number of aromatic nitrogens is 1. The minimum Gasteiger partial charge on any atom is -0.493 e. The van der Waals surface area contributed by atoms with Gasteiger partial charge in [0.25, 0.3) is 0 Å². The van der Waals surface area contributed by atoms with Crippen LogP contribution in [0.2, 0.25) is 0 Å². The minimum absolute atomic E-state index is 0.0254. The molecule has 1 fully saturated rings. The van der Waals surface area contributed by atoms with Crippen molar-refractivity contribution in [2.75, 3.05) is 31.1 Å². The maximum Gasteiger partial charge on any atom is 0.308 e. The van der Waals surface area contributed by atoms with Crippen molar-refractivity contribution in [1.29, 1.82) is 0 Å². The number of carboxylic acid groups (broad SMARTS) is 1. The van der Waals surface area contributed by atoms with Crippen LogP contribution in [0.4, 0.5) is 5.69 Å². The van der Waals surface area contributed by atoms with Gasteiger partial charge in [-0.05, 0) is 66.3 Å². The summed E-state index contributed by atoms with van der Waals surface area (Å²) in [6, 6.07) is 19.4. The Kier molecular flexibility index (Phi) is 9.31. The van der Waals surface area contributed by atoms with Gasteiger partial charge in [0.1, 0.15) is 5.75 Å². The van der Waals surface area contributed by atoms with Gasteiger partial charge in [-0.2, -0.15) is 0 Å². The SMILES string of the molecule is CCCCN(C(=O)CN1C[C@H](c2ccc3c(c2)CCO3)[C@@H](C(=O)O)[C@@H]1CCc1ccccn1)c1cccc(CN)c1. The smallest absolute Gasteiger partial charge is 0.308 e. The highest BCUT2D eigenvalue weighted by atomic mass is 16.5. The molecule has 41 heavy (non-hydrogen) atoms. The summed E-state index contributed by atoms with van der Waals surface area (Å²) in [5.41, 5.74) is 10.7. The maximum atomic E-state index is 14.0. The molecule has 0 saturated carbocycles. The van der Waals surface area contributed by atoms with Crippen LogP contribution in [-0.2, 0) is 29.0 Å². The molecule has 5 rings (SSSR count). The van der Waals surface area contributed by atoms with E-state index in [1.54, 1.807) is 6.20 Å². The molecule has 216 valence electrons. The Bertz CT molecular complexity index is 1350. The number of carbonyl (C=O) groups is 2. The summed E-state index contributed by atoms with van der Waals surface area (Å²) in [5, 5.41) is 10.5. The topological polar surface area (TPSA) is 109 Å². The molecule has 2 aliphatic heterocycles. The van der Waals surface area contributed by atoms with Crippen LogP contribution in [0.15, 0.2) is 66.9 Å². The molecular weight excluding hydrogens is 516 g/mol. The van der Waals surface area contributed by atoms with E-state index in [-0.39, 0.29) is 24.4 Å². The second-order valence-electron chi connectivity index (χ2n) is 11.1. The third kappa shape index (κ3) is 6.60. The molecule has 8 nitrogen and oxygen atoms in total. The predicted molar refractivity (Wildman–Crippen MR) is 159 cm³/mol. The summed E-state index contributed by atoms with van der Waals surface area (Å²) >= 11 is 0. The van der Waals surface area contributed by atoms with Crippen LogP contribution < -0.4 is 15.4 Å². The van der Waals surface area contributed by atoms with Crippen LogP contribution in [0.5, 0.6) is 5.75 Å². The lowest BCUT2D eigenvalue weighted by Gasteiger charge is -2.30. The Morgan fingerprint density at radius 2 is 2.02 bits per heavy atom. The molecule has 8 heteroatoms. The monoisotopic (exact) mass is 556 g/mol. The molecule has 3 heterocycles. The number of likely N-dealkylation sites (tertiary alicyclic amines) is 1. The van der Waals surface area contributed by atoms with Gasteiger partial charge in [0.2, 0.25) is 5.91 Å². The molecule has 1 saturated heterocycles. The summed E-state index contributed by atoms with van der Waals surface area (Å²) < 4.78 is 5.70. The van der Waals surface area contributed by atoms with Crippen LogP contribution >= 0.6 is 0 Å². The van der Waals surface area contributed by atoms with E-state index in [1.807, 2.05) is 59.5 Å². The number of nitrogens with two attached hydrogens (primary N) is 1. The fourth-order valence-corrected chi connectivity index (χ4v) is 6.29. The van der Waals surface area contributed by atoms with E-state index in [9.17, 15) is 14.7 Å². The first-order chi connectivity index (χ1) is 20.0. The Labute approximate surface area is 242 Å². The summed E-state index contributed by atoms with van der Waals surface area (Å²) in [5.74, 6) is -0.849. The summed E-state index contributed by atoms with van der Waals surface area (Å²) in [6.07, 6.45) is 5.66. The average Bonchev–Trinajstić information content (AvgIpc) is 3.61. The van der Waals surface area contributed by atoms with Gasteiger partial charge in [0, 0.05) is 55.6 Å². The molecular formula is C33H40N4O4. The summed E-state index contributed by atoms with van der Waals surface area (Å²) in [4.78, 5) is 35.2. The summed E-state index contributed by atoms with van der Waals surface area (Å²) in [6.45, 7) is 4.41. The number of benzene rings is 2. The number of amides is 1. The number of aliphatic carboxylic acids is 1. The van der Waals surface area contributed by atoms with Crippen LogP contribution in [0, 0.1) is 5.92 Å². The van der Waals surface area contributed by atoms with Gasteiger partial charge in [-0.1, -0.05) is 43.7 Å². The summed E-state index contributed by atoms with van der Waals surface area (Å²) in [7, 11) is 0. The van der Waals surface area contributed by atoms with E-state index in [4.69, 9.17) is 10.5 Å². The number of rotatable bonds is 12. The zero-order valence-corrected chi connectivity index (χ0v) is 23.7. The number of fused-ring (bicyclic) bond motifs is 1. The van der Waals surface area contributed by atoms with E-state index in [0.29, 0.717) is 39.1 Å². The lowest BCUT2D eigenvalue weighted by Crippen LogP contribution is -2.44. The zero-order valence-electron chi connectivity index (χ0n) is 23.7.